The Hall–Kier alpha value is -1.87. The van der Waals surface area contributed by atoms with Crippen LogP contribution in [0.1, 0.15) is 0 Å². The van der Waals surface area contributed by atoms with Crippen LogP contribution in [0.25, 0.3) is 0 Å². The number of halogens is 1. The van der Waals surface area contributed by atoms with Gasteiger partial charge in [-0.2, -0.15) is 4.31 Å². The summed E-state index contributed by atoms with van der Waals surface area (Å²) in [6, 6.07) is 8.30. The van der Waals surface area contributed by atoms with Crippen molar-refractivity contribution in [3.63, 3.8) is 0 Å². The monoisotopic (exact) mass is 383 g/mol. The van der Waals surface area contributed by atoms with Crippen LogP contribution >= 0.6 is 11.6 Å². The van der Waals surface area contributed by atoms with E-state index in [4.69, 9.17) is 21.1 Å². The number of nitrogens with one attached hydrogen (secondary N) is 1. The fourth-order valence-corrected chi connectivity index (χ4v) is 3.98. The average molecular weight is 384 g/mol. The summed E-state index contributed by atoms with van der Waals surface area (Å²) in [6.45, 7) is 1.51. The molecular formula is C16H18ClN3O4S. The Balaban J connectivity index is 1.80. The van der Waals surface area contributed by atoms with Crippen LogP contribution in [-0.4, -0.2) is 51.1 Å². The Bertz CT molecular complexity index is 837. The number of aromatic nitrogens is 1. The minimum atomic E-state index is -3.55. The van der Waals surface area contributed by atoms with E-state index in [1.165, 1.54) is 16.6 Å². The van der Waals surface area contributed by atoms with Gasteiger partial charge in [-0.1, -0.05) is 11.6 Å². The number of anilines is 2. The molecule has 1 N–H and O–H groups in total. The highest BCUT2D eigenvalue weighted by Crippen LogP contribution is 2.30. The number of benzene rings is 1. The highest BCUT2D eigenvalue weighted by atomic mass is 35.5. The molecular weight excluding hydrogens is 366 g/mol. The Kier molecular flexibility index (Phi) is 5.43. The molecule has 0 aliphatic carbocycles. The molecule has 0 bridgehead atoms. The lowest BCUT2D eigenvalue weighted by Crippen LogP contribution is -2.40. The number of ether oxygens (including phenoxy) is 2. The van der Waals surface area contributed by atoms with Gasteiger partial charge < -0.3 is 14.8 Å². The molecule has 0 atom stereocenters. The van der Waals surface area contributed by atoms with Gasteiger partial charge in [0.05, 0.1) is 26.0 Å². The summed E-state index contributed by atoms with van der Waals surface area (Å²) in [5.41, 5.74) is 0.645. The van der Waals surface area contributed by atoms with Gasteiger partial charge in [-0.25, -0.2) is 13.4 Å². The maximum atomic E-state index is 12.6. The van der Waals surface area contributed by atoms with Gasteiger partial charge in [-0.15, -0.1) is 0 Å². The van der Waals surface area contributed by atoms with Gasteiger partial charge in [0.15, 0.2) is 0 Å². The van der Waals surface area contributed by atoms with Crippen molar-refractivity contribution in [2.24, 2.45) is 0 Å². The number of pyridine rings is 1. The van der Waals surface area contributed by atoms with Crippen LogP contribution in [0.3, 0.4) is 0 Å². The Morgan fingerprint density at radius 2 is 2.00 bits per heavy atom. The molecule has 1 aliphatic heterocycles. The van der Waals surface area contributed by atoms with Crippen molar-refractivity contribution in [3.05, 3.63) is 41.6 Å². The van der Waals surface area contributed by atoms with E-state index >= 15 is 0 Å². The number of hydrogen-bond donors (Lipinski definition) is 1. The van der Waals surface area contributed by atoms with Gasteiger partial charge in [-0.05, 0) is 30.3 Å². The zero-order chi connectivity index (χ0) is 17.9. The minimum Gasteiger partial charge on any atom is -0.495 e. The molecule has 3 rings (SSSR count). The Morgan fingerprint density at radius 3 is 2.64 bits per heavy atom. The van der Waals surface area contributed by atoms with Crippen molar-refractivity contribution in [2.45, 2.75) is 4.90 Å². The maximum Gasteiger partial charge on any atom is 0.244 e. The van der Waals surface area contributed by atoms with Crippen molar-refractivity contribution in [3.8, 4) is 5.75 Å². The van der Waals surface area contributed by atoms with E-state index in [2.05, 4.69) is 10.3 Å². The van der Waals surface area contributed by atoms with Gasteiger partial charge >= 0.3 is 0 Å². The van der Waals surface area contributed by atoms with Crippen LogP contribution in [0.5, 0.6) is 5.75 Å². The van der Waals surface area contributed by atoms with Gasteiger partial charge in [-0.3, -0.25) is 0 Å². The normalized spacial score (nSPS) is 15.8. The van der Waals surface area contributed by atoms with E-state index in [-0.39, 0.29) is 4.90 Å². The molecule has 9 heteroatoms. The molecule has 1 aromatic heterocycles. The summed E-state index contributed by atoms with van der Waals surface area (Å²) in [7, 11) is -2.00. The zero-order valence-electron chi connectivity index (χ0n) is 13.6. The minimum absolute atomic E-state index is 0.151. The second-order valence-electron chi connectivity index (χ2n) is 5.37. The fraction of sp³-hybridized carbons (Fsp3) is 0.312. The van der Waals surface area contributed by atoms with Crippen molar-refractivity contribution in [1.82, 2.24) is 9.29 Å². The van der Waals surface area contributed by atoms with E-state index in [0.29, 0.717) is 48.6 Å². The summed E-state index contributed by atoms with van der Waals surface area (Å²) in [6.07, 6.45) is 1.34. The summed E-state index contributed by atoms with van der Waals surface area (Å²) < 4.78 is 37.0. The van der Waals surface area contributed by atoms with Crippen molar-refractivity contribution < 1.29 is 17.9 Å². The van der Waals surface area contributed by atoms with Crippen LogP contribution in [0.4, 0.5) is 11.5 Å². The van der Waals surface area contributed by atoms with Gasteiger partial charge in [0.1, 0.15) is 16.5 Å². The van der Waals surface area contributed by atoms with Crippen molar-refractivity contribution in [2.75, 3.05) is 38.7 Å². The third-order valence-electron chi connectivity index (χ3n) is 3.77. The lowest BCUT2D eigenvalue weighted by Gasteiger charge is -2.25. The predicted octanol–water partition coefficient (Wildman–Crippen LogP) is 2.51. The quantitative estimate of drug-likeness (QED) is 0.854. The molecule has 2 aromatic rings. The standard InChI is InChI=1S/C16H18ClN3O4S/c1-23-15-4-2-12(17)10-14(15)19-16-5-3-13(11-18-16)25(21,22)20-6-8-24-9-7-20/h2-5,10-11H,6-9H2,1H3,(H,18,19). The molecule has 25 heavy (non-hydrogen) atoms. The largest absolute Gasteiger partial charge is 0.495 e. The topological polar surface area (TPSA) is 80.8 Å². The van der Waals surface area contributed by atoms with Crippen molar-refractivity contribution >= 4 is 33.1 Å². The van der Waals surface area contributed by atoms with Crippen LogP contribution < -0.4 is 10.1 Å². The summed E-state index contributed by atoms with van der Waals surface area (Å²) in [5, 5.41) is 3.62. The van der Waals surface area contributed by atoms with Crippen LogP contribution in [-0.2, 0) is 14.8 Å². The smallest absolute Gasteiger partial charge is 0.244 e. The van der Waals surface area contributed by atoms with E-state index in [1.54, 1.807) is 31.4 Å². The molecule has 0 unspecified atom stereocenters. The summed E-state index contributed by atoms with van der Waals surface area (Å²) in [5.74, 6) is 1.10. The van der Waals surface area contributed by atoms with Crippen LogP contribution in [0.2, 0.25) is 5.02 Å². The Morgan fingerprint density at radius 1 is 1.24 bits per heavy atom. The molecule has 0 radical (unpaired) electrons. The number of rotatable bonds is 5. The first-order valence-corrected chi connectivity index (χ1v) is 9.47. The maximum absolute atomic E-state index is 12.6. The first-order chi connectivity index (χ1) is 12.0. The van der Waals surface area contributed by atoms with E-state index in [1.807, 2.05) is 0 Å². The van der Waals surface area contributed by atoms with Crippen LogP contribution in [0, 0.1) is 0 Å². The Labute approximate surface area is 151 Å². The first-order valence-electron chi connectivity index (χ1n) is 7.65. The lowest BCUT2D eigenvalue weighted by atomic mass is 10.3. The molecule has 1 fully saturated rings. The van der Waals surface area contributed by atoms with E-state index < -0.39 is 10.0 Å². The third kappa shape index (κ3) is 4.04. The SMILES string of the molecule is COc1ccc(Cl)cc1Nc1ccc(S(=O)(=O)N2CCOCC2)cn1. The molecule has 0 amide bonds. The zero-order valence-corrected chi connectivity index (χ0v) is 15.2. The predicted molar refractivity (Wildman–Crippen MR) is 95.1 cm³/mol. The van der Waals surface area contributed by atoms with E-state index in [0.717, 1.165) is 0 Å². The number of nitrogens with zero attached hydrogens (tertiary/aromatic N) is 2. The number of methoxy groups -OCH3 is 1. The average Bonchev–Trinajstić information content (AvgIpc) is 2.63. The highest BCUT2D eigenvalue weighted by molar-refractivity contribution is 7.89. The molecule has 134 valence electrons. The molecule has 1 aromatic carbocycles. The van der Waals surface area contributed by atoms with Gasteiger partial charge in [0.2, 0.25) is 10.0 Å². The van der Waals surface area contributed by atoms with Crippen LogP contribution in [0.15, 0.2) is 41.4 Å². The summed E-state index contributed by atoms with van der Waals surface area (Å²) in [4.78, 5) is 4.34. The summed E-state index contributed by atoms with van der Waals surface area (Å²) >= 11 is 6.00. The number of morpholine rings is 1. The highest BCUT2D eigenvalue weighted by Gasteiger charge is 2.26. The number of hydrogen-bond acceptors (Lipinski definition) is 6. The second kappa shape index (κ2) is 7.57. The van der Waals surface area contributed by atoms with Crippen molar-refractivity contribution in [1.29, 1.82) is 0 Å². The third-order valence-corrected chi connectivity index (χ3v) is 5.89. The first kappa shape index (κ1) is 17.9. The molecule has 1 saturated heterocycles. The van der Waals surface area contributed by atoms with Gasteiger partial charge in [0, 0.05) is 24.3 Å². The number of sulfonamides is 1. The molecule has 0 spiro atoms. The second-order valence-corrected chi connectivity index (χ2v) is 7.74. The van der Waals surface area contributed by atoms with Gasteiger partial charge in [0.25, 0.3) is 0 Å². The van der Waals surface area contributed by atoms with E-state index in [9.17, 15) is 8.42 Å². The molecule has 0 saturated carbocycles. The molecule has 7 nitrogen and oxygen atoms in total. The fourth-order valence-electron chi connectivity index (χ4n) is 2.46. The lowest BCUT2D eigenvalue weighted by molar-refractivity contribution is 0.0730. The molecule has 2 heterocycles. The molecule has 1 aliphatic rings.